The maximum atomic E-state index is 5.33. The Morgan fingerprint density at radius 1 is 0.603 bits per heavy atom. The first kappa shape index (κ1) is 35.7. The highest BCUT2D eigenvalue weighted by atomic mass is 15.0. The quantitative estimate of drug-likeness (QED) is 0.171. The lowest BCUT2D eigenvalue weighted by molar-refractivity contribution is 0.522. The molecular weight excluding hydrogens is 707 g/mol. The highest BCUT2D eigenvalue weighted by Crippen LogP contribution is 2.41. The predicted octanol–water partition coefficient (Wildman–Crippen LogP) is 11.9. The number of rotatable bonds is 8. The van der Waals surface area contributed by atoms with Crippen molar-refractivity contribution in [1.82, 2.24) is 25.3 Å². The molecule has 5 aliphatic rings. The molecule has 1 aliphatic heterocycles. The van der Waals surface area contributed by atoms with Crippen LogP contribution in [-0.2, 0) is 0 Å². The van der Waals surface area contributed by atoms with Gasteiger partial charge < -0.3 is 5.32 Å². The van der Waals surface area contributed by atoms with Crippen molar-refractivity contribution < 1.29 is 0 Å². The van der Waals surface area contributed by atoms with E-state index in [1.807, 2.05) is 18.2 Å². The average Bonchev–Trinajstić information content (AvgIpc) is 3.32. The molecular formula is C53H45N5. The van der Waals surface area contributed by atoms with E-state index in [2.05, 4.69) is 169 Å². The van der Waals surface area contributed by atoms with Gasteiger partial charge in [-0.15, -0.1) is 0 Å². The number of hydrogen-bond donors (Lipinski definition) is 1. The van der Waals surface area contributed by atoms with E-state index in [1.165, 1.54) is 33.4 Å². The fourth-order valence-electron chi connectivity index (χ4n) is 8.85. The third-order valence-electron chi connectivity index (χ3n) is 11.9. The lowest BCUT2D eigenvalue weighted by atomic mass is 9.80. The van der Waals surface area contributed by atoms with Gasteiger partial charge in [-0.25, -0.2) is 15.0 Å². The molecule has 4 aliphatic carbocycles. The van der Waals surface area contributed by atoms with Gasteiger partial charge in [0.15, 0.2) is 11.6 Å². The number of hydrogen-bond acceptors (Lipinski definition) is 5. The van der Waals surface area contributed by atoms with Gasteiger partial charge in [-0.3, -0.25) is 4.98 Å². The van der Waals surface area contributed by atoms with Gasteiger partial charge in [-0.05, 0) is 102 Å². The van der Waals surface area contributed by atoms with Gasteiger partial charge in [0.2, 0.25) is 0 Å². The topological polar surface area (TPSA) is 63.6 Å². The van der Waals surface area contributed by atoms with Gasteiger partial charge in [0.1, 0.15) is 5.82 Å². The minimum atomic E-state index is 0.113. The summed E-state index contributed by atoms with van der Waals surface area (Å²) in [7, 11) is 0. The SMILES string of the molecule is C1=CCC(c2nc(C3=CC(C4=CC=C(c5cc(-c6ccccc6)nc(C6CC=Cc7ccccc76)c5)CC4)=CC(C4C=CC=CN4)C3)nc(-c3ccccc3)n2)C=C1. The van der Waals surface area contributed by atoms with Crippen LogP contribution in [0.1, 0.15) is 78.0 Å². The van der Waals surface area contributed by atoms with Gasteiger partial charge in [-0.1, -0.05) is 152 Å². The lowest BCUT2D eigenvalue weighted by Crippen LogP contribution is -2.32. The van der Waals surface area contributed by atoms with Crippen molar-refractivity contribution in [2.24, 2.45) is 5.92 Å². The van der Waals surface area contributed by atoms with Crippen LogP contribution in [0.15, 0.2) is 187 Å². The summed E-state index contributed by atoms with van der Waals surface area (Å²) in [6.45, 7) is 0. The molecule has 5 heteroatoms. The van der Waals surface area contributed by atoms with E-state index in [0.29, 0.717) is 0 Å². The van der Waals surface area contributed by atoms with Gasteiger partial charge in [0.05, 0.1) is 11.7 Å². The zero-order chi connectivity index (χ0) is 38.7. The van der Waals surface area contributed by atoms with Crippen LogP contribution in [0.5, 0.6) is 0 Å². The van der Waals surface area contributed by atoms with Crippen molar-refractivity contribution in [2.75, 3.05) is 0 Å². The molecule has 0 spiro atoms. The zero-order valence-electron chi connectivity index (χ0n) is 32.5. The summed E-state index contributed by atoms with van der Waals surface area (Å²) in [6, 6.07) is 34.5. The Labute approximate surface area is 341 Å². The molecule has 4 atom stereocenters. The predicted molar refractivity (Wildman–Crippen MR) is 237 cm³/mol. The number of nitrogens with one attached hydrogen (secondary N) is 1. The number of aromatic nitrogens is 4. The van der Waals surface area contributed by atoms with Crippen LogP contribution in [0.25, 0.3) is 39.9 Å². The Hall–Kier alpha value is -6.72. The molecule has 2 aromatic heterocycles. The van der Waals surface area contributed by atoms with Gasteiger partial charge >= 0.3 is 0 Å². The standard InChI is InChI=1S/C53H45N5/c1-4-16-39(17-5-1)49-34-43(35-50(55-49)47-24-14-22-38-15-10-11-23-46(38)47)37-28-26-36(27-29-37)42-31-44(48-25-12-13-30-54-48)33-45(32-42)53-57-51(40-18-6-2-7-19-40)56-52(58-53)41-20-8-3-9-21-41/h1-20,22-23,25-26,28,30-32,34-35,41,44,47-48,54H,21,24,27,29,33H2. The molecule has 5 nitrogen and oxygen atoms in total. The van der Waals surface area contributed by atoms with Crippen LogP contribution >= 0.6 is 0 Å². The number of benzene rings is 3. The van der Waals surface area contributed by atoms with Crippen LogP contribution in [0.3, 0.4) is 0 Å². The molecule has 282 valence electrons. The summed E-state index contributed by atoms with van der Waals surface area (Å²) >= 11 is 0. The Morgan fingerprint density at radius 2 is 1.38 bits per heavy atom. The summed E-state index contributed by atoms with van der Waals surface area (Å²) in [5.41, 5.74) is 13.2. The second-order valence-electron chi connectivity index (χ2n) is 15.7. The maximum Gasteiger partial charge on any atom is 0.163 e. The Balaban J connectivity index is 1.03. The molecule has 0 bridgehead atoms. The number of fused-ring (bicyclic) bond motifs is 1. The average molecular weight is 752 g/mol. The van der Waals surface area contributed by atoms with Crippen LogP contribution < -0.4 is 5.32 Å². The van der Waals surface area contributed by atoms with E-state index >= 15 is 0 Å². The molecule has 5 aromatic rings. The molecule has 3 aromatic carbocycles. The van der Waals surface area contributed by atoms with Gasteiger partial charge in [0.25, 0.3) is 0 Å². The van der Waals surface area contributed by atoms with Crippen molar-refractivity contribution in [3.8, 4) is 22.6 Å². The second kappa shape index (κ2) is 16.0. The Bertz CT molecular complexity index is 2640. The highest BCUT2D eigenvalue weighted by molar-refractivity contribution is 5.76. The Morgan fingerprint density at radius 3 is 2.17 bits per heavy atom. The fourth-order valence-corrected chi connectivity index (χ4v) is 8.85. The van der Waals surface area contributed by atoms with Crippen LogP contribution in [0.4, 0.5) is 0 Å². The number of pyridine rings is 1. The monoisotopic (exact) mass is 751 g/mol. The summed E-state index contributed by atoms with van der Waals surface area (Å²) < 4.78 is 0. The van der Waals surface area contributed by atoms with Crippen molar-refractivity contribution in [3.05, 3.63) is 221 Å². The molecule has 0 saturated carbocycles. The summed E-state index contributed by atoms with van der Waals surface area (Å²) in [4.78, 5) is 20.8. The van der Waals surface area contributed by atoms with Crippen molar-refractivity contribution in [2.45, 2.75) is 50.0 Å². The van der Waals surface area contributed by atoms with Crippen molar-refractivity contribution in [1.29, 1.82) is 0 Å². The third kappa shape index (κ3) is 7.44. The van der Waals surface area contributed by atoms with E-state index in [4.69, 9.17) is 19.9 Å². The molecule has 0 radical (unpaired) electrons. The normalized spacial score (nSPS) is 22.0. The minimum absolute atomic E-state index is 0.113. The molecule has 4 unspecified atom stereocenters. The van der Waals surface area contributed by atoms with E-state index in [9.17, 15) is 0 Å². The number of nitrogens with zero attached hydrogens (tertiary/aromatic N) is 4. The van der Waals surface area contributed by atoms with E-state index in [-0.39, 0.29) is 23.8 Å². The Kier molecular flexibility index (Phi) is 9.86. The zero-order valence-corrected chi connectivity index (χ0v) is 32.5. The van der Waals surface area contributed by atoms with Crippen LogP contribution in [-0.4, -0.2) is 26.0 Å². The molecule has 0 amide bonds. The molecule has 10 rings (SSSR count). The molecule has 3 heterocycles. The first-order valence-electron chi connectivity index (χ1n) is 20.6. The van der Waals surface area contributed by atoms with Crippen molar-refractivity contribution >= 4 is 17.2 Å². The number of dihydropyridines is 1. The third-order valence-corrected chi connectivity index (χ3v) is 11.9. The molecule has 0 fully saturated rings. The second-order valence-corrected chi connectivity index (χ2v) is 15.7. The largest absolute Gasteiger partial charge is 0.384 e. The van der Waals surface area contributed by atoms with Crippen LogP contribution in [0, 0.1) is 5.92 Å². The van der Waals surface area contributed by atoms with Crippen molar-refractivity contribution in [3.63, 3.8) is 0 Å². The van der Waals surface area contributed by atoms with E-state index in [1.54, 1.807) is 0 Å². The highest BCUT2D eigenvalue weighted by Gasteiger charge is 2.28. The summed E-state index contributed by atoms with van der Waals surface area (Å²) in [5, 5.41) is 3.62. The first-order chi connectivity index (χ1) is 28.7. The molecule has 1 N–H and O–H groups in total. The van der Waals surface area contributed by atoms with Gasteiger partial charge in [0, 0.05) is 34.6 Å². The smallest absolute Gasteiger partial charge is 0.163 e. The fraction of sp³-hybridized carbons (Fsp3) is 0.170. The van der Waals surface area contributed by atoms with E-state index in [0.717, 1.165) is 77.7 Å². The summed E-state index contributed by atoms with van der Waals surface area (Å²) in [5.74, 6) is 2.86. The first-order valence-corrected chi connectivity index (χ1v) is 20.6. The van der Waals surface area contributed by atoms with Gasteiger partial charge in [-0.2, -0.15) is 0 Å². The number of allylic oxidation sites excluding steroid dienone is 14. The molecule has 0 saturated heterocycles. The van der Waals surface area contributed by atoms with E-state index < -0.39 is 0 Å². The summed E-state index contributed by atoms with van der Waals surface area (Å²) in [6.07, 6.45) is 35.7. The molecule has 58 heavy (non-hydrogen) atoms. The maximum absolute atomic E-state index is 5.33. The van der Waals surface area contributed by atoms with Crippen LogP contribution in [0.2, 0.25) is 0 Å². The minimum Gasteiger partial charge on any atom is -0.384 e. The lowest BCUT2D eigenvalue weighted by Gasteiger charge is -2.30.